The summed E-state index contributed by atoms with van der Waals surface area (Å²) in [4.78, 5) is 4.24. The minimum Gasteiger partial charge on any atom is -0.473 e. The van der Waals surface area contributed by atoms with Gasteiger partial charge in [-0.1, -0.05) is 18.3 Å². The highest BCUT2D eigenvalue weighted by molar-refractivity contribution is 7.11. The molecule has 1 aromatic rings. The van der Waals surface area contributed by atoms with Crippen molar-refractivity contribution in [1.82, 2.24) is 4.98 Å². The summed E-state index contributed by atoms with van der Waals surface area (Å²) in [6, 6.07) is 0. The second-order valence-corrected chi connectivity index (χ2v) is 4.99. The number of thiazole rings is 1. The van der Waals surface area contributed by atoms with Gasteiger partial charge in [0, 0.05) is 5.38 Å². The first-order chi connectivity index (χ1) is 6.55. The van der Waals surface area contributed by atoms with Crippen molar-refractivity contribution in [1.29, 1.82) is 0 Å². The maximum absolute atomic E-state index is 10.3. The number of hydrogen-bond donors (Lipinski definition) is 1. The second-order valence-electron chi connectivity index (χ2n) is 4.17. The molecule has 1 saturated carbocycles. The molecule has 0 amide bonds. The Balaban J connectivity index is 2.20. The second kappa shape index (κ2) is 3.21. The Kier molecular flexibility index (Phi) is 2.27. The number of aromatic nitrogens is 1. The maximum Gasteiger partial charge on any atom is 0.273 e. The normalized spacial score (nSPS) is 29.7. The minimum absolute atomic E-state index is 0.356. The van der Waals surface area contributed by atoms with Crippen molar-refractivity contribution in [2.24, 2.45) is 11.8 Å². The van der Waals surface area contributed by atoms with Gasteiger partial charge in [0.25, 0.3) is 5.19 Å². The number of rotatable bonds is 3. The summed E-state index contributed by atoms with van der Waals surface area (Å²) < 4.78 is 5.01. The molecule has 3 atom stereocenters. The topological polar surface area (TPSA) is 42.4 Å². The van der Waals surface area contributed by atoms with Crippen LogP contribution < -0.4 is 4.74 Å². The van der Waals surface area contributed by atoms with Crippen LogP contribution in [0.3, 0.4) is 0 Å². The molecular weight excluding hydrogens is 198 g/mol. The van der Waals surface area contributed by atoms with E-state index in [0.29, 0.717) is 17.0 Å². The first-order valence-electron chi connectivity index (χ1n) is 4.78. The highest BCUT2D eigenvalue weighted by Crippen LogP contribution is 2.50. The van der Waals surface area contributed by atoms with Crippen molar-refractivity contribution in [3.8, 4) is 5.19 Å². The molecule has 1 aliphatic carbocycles. The molecule has 0 radical (unpaired) electrons. The Morgan fingerprint density at radius 1 is 1.71 bits per heavy atom. The van der Waals surface area contributed by atoms with Gasteiger partial charge in [-0.15, -0.1) is 0 Å². The average molecular weight is 213 g/mol. The van der Waals surface area contributed by atoms with Crippen LogP contribution in [-0.2, 0) is 5.60 Å². The molecule has 0 spiro atoms. The molecule has 1 N–H and O–H groups in total. The Labute approximate surface area is 87.7 Å². The van der Waals surface area contributed by atoms with Gasteiger partial charge in [-0.2, -0.15) is 0 Å². The predicted molar refractivity (Wildman–Crippen MR) is 55.5 cm³/mol. The van der Waals surface area contributed by atoms with Crippen LogP contribution in [0, 0.1) is 11.8 Å². The number of methoxy groups -OCH3 is 1. The molecule has 1 aliphatic rings. The van der Waals surface area contributed by atoms with Crippen molar-refractivity contribution in [3.05, 3.63) is 11.1 Å². The van der Waals surface area contributed by atoms with E-state index >= 15 is 0 Å². The largest absolute Gasteiger partial charge is 0.473 e. The summed E-state index contributed by atoms with van der Waals surface area (Å²) in [6.07, 6.45) is 1.09. The van der Waals surface area contributed by atoms with Crippen molar-refractivity contribution in [2.45, 2.75) is 25.9 Å². The van der Waals surface area contributed by atoms with Gasteiger partial charge in [-0.05, 0) is 25.2 Å². The summed E-state index contributed by atoms with van der Waals surface area (Å²) in [6.45, 7) is 4.00. The fourth-order valence-corrected chi connectivity index (χ4v) is 2.63. The molecule has 0 aliphatic heterocycles. The first-order valence-corrected chi connectivity index (χ1v) is 5.66. The van der Waals surface area contributed by atoms with Gasteiger partial charge in [0.1, 0.15) is 5.60 Å². The zero-order valence-electron chi connectivity index (χ0n) is 8.65. The lowest BCUT2D eigenvalue weighted by atomic mass is 9.96. The van der Waals surface area contributed by atoms with Crippen molar-refractivity contribution in [2.75, 3.05) is 7.11 Å². The van der Waals surface area contributed by atoms with E-state index in [2.05, 4.69) is 11.9 Å². The quantitative estimate of drug-likeness (QED) is 0.835. The molecule has 1 fully saturated rings. The summed E-state index contributed by atoms with van der Waals surface area (Å²) in [5.74, 6) is 0.965. The van der Waals surface area contributed by atoms with E-state index in [1.807, 2.05) is 12.3 Å². The van der Waals surface area contributed by atoms with Gasteiger partial charge < -0.3 is 9.84 Å². The van der Waals surface area contributed by atoms with E-state index < -0.39 is 5.60 Å². The third kappa shape index (κ3) is 1.53. The predicted octanol–water partition coefficient (Wildman–Crippen LogP) is 2.02. The third-order valence-electron chi connectivity index (χ3n) is 3.01. The molecule has 14 heavy (non-hydrogen) atoms. The fourth-order valence-electron chi connectivity index (χ4n) is 1.88. The monoisotopic (exact) mass is 213 g/mol. The lowest BCUT2D eigenvalue weighted by Gasteiger charge is -2.20. The molecule has 78 valence electrons. The fraction of sp³-hybridized carbons (Fsp3) is 0.700. The lowest BCUT2D eigenvalue weighted by Crippen LogP contribution is -2.25. The molecule has 1 heterocycles. The Morgan fingerprint density at radius 2 is 2.36 bits per heavy atom. The minimum atomic E-state index is -0.785. The summed E-state index contributed by atoms with van der Waals surface area (Å²) in [5.41, 5.74) is -0.0409. The zero-order chi connectivity index (χ0) is 10.3. The number of nitrogens with zero attached hydrogens (tertiary/aromatic N) is 1. The Hall–Kier alpha value is -0.610. The van der Waals surface area contributed by atoms with Crippen LogP contribution in [0.15, 0.2) is 5.38 Å². The number of aliphatic hydroxyl groups is 1. The van der Waals surface area contributed by atoms with E-state index in [-0.39, 0.29) is 0 Å². The van der Waals surface area contributed by atoms with Gasteiger partial charge in [0.05, 0.1) is 12.8 Å². The van der Waals surface area contributed by atoms with Crippen LogP contribution in [0.1, 0.15) is 26.0 Å². The number of hydrogen-bond acceptors (Lipinski definition) is 4. The molecule has 4 heteroatoms. The van der Waals surface area contributed by atoms with E-state index in [9.17, 15) is 5.11 Å². The number of ether oxygens (including phenoxy) is 1. The Morgan fingerprint density at radius 3 is 2.79 bits per heavy atom. The van der Waals surface area contributed by atoms with Gasteiger partial charge in [0.2, 0.25) is 0 Å². The average Bonchev–Trinajstić information content (AvgIpc) is 2.69. The maximum atomic E-state index is 10.3. The Bertz CT molecular complexity index is 335. The van der Waals surface area contributed by atoms with Crippen LogP contribution in [0.4, 0.5) is 0 Å². The van der Waals surface area contributed by atoms with E-state index in [1.54, 1.807) is 7.11 Å². The lowest BCUT2D eigenvalue weighted by molar-refractivity contribution is 0.0242. The van der Waals surface area contributed by atoms with E-state index in [1.165, 1.54) is 11.3 Å². The molecule has 2 rings (SSSR count). The molecule has 3 unspecified atom stereocenters. The van der Waals surface area contributed by atoms with Crippen molar-refractivity contribution < 1.29 is 9.84 Å². The van der Waals surface area contributed by atoms with Crippen LogP contribution in [-0.4, -0.2) is 17.2 Å². The van der Waals surface area contributed by atoms with Crippen LogP contribution >= 0.6 is 11.3 Å². The summed E-state index contributed by atoms with van der Waals surface area (Å²) in [5, 5.41) is 12.8. The molecular formula is C10H15NO2S. The third-order valence-corrected chi connectivity index (χ3v) is 3.81. The summed E-state index contributed by atoms with van der Waals surface area (Å²) >= 11 is 1.43. The standard InChI is InChI=1S/C10H15NO2S/c1-6-4-7(6)10(2,12)8-5-14-9(11-8)13-3/h5-7,12H,4H2,1-3H3. The smallest absolute Gasteiger partial charge is 0.273 e. The van der Waals surface area contributed by atoms with Crippen molar-refractivity contribution in [3.63, 3.8) is 0 Å². The van der Waals surface area contributed by atoms with Crippen LogP contribution in [0.25, 0.3) is 0 Å². The highest BCUT2D eigenvalue weighted by atomic mass is 32.1. The summed E-state index contributed by atoms with van der Waals surface area (Å²) in [7, 11) is 1.59. The van der Waals surface area contributed by atoms with E-state index in [4.69, 9.17) is 4.74 Å². The van der Waals surface area contributed by atoms with Crippen LogP contribution in [0.5, 0.6) is 5.19 Å². The zero-order valence-corrected chi connectivity index (χ0v) is 9.47. The molecule has 3 nitrogen and oxygen atoms in total. The first kappa shape index (κ1) is 9.93. The van der Waals surface area contributed by atoms with Gasteiger partial charge in [-0.25, -0.2) is 4.98 Å². The SMILES string of the molecule is COc1nc(C(C)(O)C2CC2C)cs1. The van der Waals surface area contributed by atoms with Crippen molar-refractivity contribution >= 4 is 11.3 Å². The highest BCUT2D eigenvalue weighted by Gasteiger charge is 2.48. The van der Waals surface area contributed by atoms with Gasteiger partial charge in [-0.3, -0.25) is 0 Å². The molecule has 0 aromatic carbocycles. The van der Waals surface area contributed by atoms with Gasteiger partial charge in [0.15, 0.2) is 0 Å². The molecule has 1 aromatic heterocycles. The molecule has 0 saturated heterocycles. The van der Waals surface area contributed by atoms with Crippen LogP contribution in [0.2, 0.25) is 0 Å². The van der Waals surface area contributed by atoms with Gasteiger partial charge >= 0.3 is 0 Å². The van der Waals surface area contributed by atoms with E-state index in [0.717, 1.165) is 12.1 Å². The molecule has 0 bridgehead atoms.